The van der Waals surface area contributed by atoms with Crippen LogP contribution in [0.4, 0.5) is 0 Å². The van der Waals surface area contributed by atoms with Gasteiger partial charge in [0, 0.05) is 19.5 Å². The quantitative estimate of drug-likeness (QED) is 0.358. The number of hydrogen-bond donors (Lipinski definition) is 2. The van der Waals surface area contributed by atoms with Crippen molar-refractivity contribution in [3.8, 4) is 0 Å². The fraction of sp³-hybridized carbons (Fsp3) is 0. The first-order valence-electron chi connectivity index (χ1n) is 0.651. The summed E-state index contributed by atoms with van der Waals surface area (Å²) in [6.45, 7) is 0. The Labute approximate surface area is 73.2 Å². The molecule has 0 rings (SSSR count). The average molecular weight is 167 g/mol. The molecule has 0 aliphatic carbocycles. The molecule has 6 heavy (non-hydrogen) atoms. The van der Waals surface area contributed by atoms with Gasteiger partial charge in [-0.2, -0.15) is 0 Å². The van der Waals surface area contributed by atoms with Crippen molar-refractivity contribution in [3.63, 3.8) is 0 Å². The summed E-state index contributed by atoms with van der Waals surface area (Å²) in [7, 11) is -3.13. The first-order chi connectivity index (χ1) is 1.73. The van der Waals surface area contributed by atoms with Gasteiger partial charge in [0.1, 0.15) is 0 Å². The summed E-state index contributed by atoms with van der Waals surface area (Å²) in [4.78, 5) is 14.3. The van der Waals surface area contributed by atoms with E-state index >= 15 is 0 Å². The van der Waals surface area contributed by atoms with Crippen molar-refractivity contribution in [2.45, 2.75) is 0 Å². The summed E-state index contributed by atoms with van der Waals surface area (Å²) >= 11 is 0. The third kappa shape index (κ3) is 61.3. The van der Waals surface area contributed by atoms with Crippen LogP contribution in [0.5, 0.6) is 0 Å². The maximum Gasteiger partial charge on any atom is 1.00 e. The predicted molar refractivity (Wildman–Crippen MR) is 12.0 cm³/mol. The van der Waals surface area contributed by atoms with E-state index in [1.54, 1.807) is 0 Å². The van der Waals surface area contributed by atoms with Crippen molar-refractivity contribution in [2.75, 3.05) is 0 Å². The minimum Gasteiger partial charge on any atom is -1.00 e. The molecule has 0 heterocycles. The van der Waals surface area contributed by atoms with Crippen molar-refractivity contribution in [2.24, 2.45) is 0 Å². The fourth-order valence-corrected chi connectivity index (χ4v) is 0. The van der Waals surface area contributed by atoms with E-state index in [-0.39, 0.29) is 50.5 Å². The van der Waals surface area contributed by atoms with E-state index in [0.29, 0.717) is 0 Å². The van der Waals surface area contributed by atoms with Gasteiger partial charge in [-0.1, -0.05) is 0 Å². The Morgan fingerprint density at radius 1 is 1.50 bits per heavy atom. The number of rotatable bonds is 0. The second kappa shape index (κ2) is 9.53. The van der Waals surface area contributed by atoms with Crippen LogP contribution < -0.4 is 29.6 Å². The Hall–Kier alpha value is 1.24. The van der Waals surface area contributed by atoms with Crippen LogP contribution in [0.3, 0.4) is 0 Å². The summed E-state index contributed by atoms with van der Waals surface area (Å²) in [5.41, 5.74) is 0. The van der Waals surface area contributed by atoms with Gasteiger partial charge in [0.25, 0.3) is 0 Å². The van der Waals surface area contributed by atoms with Gasteiger partial charge in [0.15, 0.2) is 0 Å². The van der Waals surface area contributed by atoms with Gasteiger partial charge in [0.05, 0.1) is 0 Å². The van der Waals surface area contributed by atoms with Crippen LogP contribution in [0.25, 0.3) is 0 Å². The minimum absolute atomic E-state index is 0. The standard InChI is InChI=1S/Na.H2O3Si.Zn.H/c;1-4(2)3;;/h;1-2H;;/q+1;;;-1. The van der Waals surface area contributed by atoms with Gasteiger partial charge in [-0.15, -0.1) is 0 Å². The summed E-state index contributed by atoms with van der Waals surface area (Å²) in [5, 5.41) is 0. The van der Waals surface area contributed by atoms with Gasteiger partial charge in [-0.3, -0.25) is 4.46 Å². The van der Waals surface area contributed by atoms with Crippen molar-refractivity contribution in [1.29, 1.82) is 0 Å². The van der Waals surface area contributed by atoms with Gasteiger partial charge in [-0.05, 0) is 0 Å². The SMILES string of the molecule is O=[Si](O)O.[H-].[Na+].[Zn]. The largest absolute Gasteiger partial charge is 1.00 e. The van der Waals surface area contributed by atoms with Crippen LogP contribution in [-0.4, -0.2) is 18.8 Å². The zero-order valence-corrected chi connectivity index (χ0v) is 9.48. The molecule has 0 spiro atoms. The summed E-state index contributed by atoms with van der Waals surface area (Å²) in [6.07, 6.45) is 0. The third-order valence-electron chi connectivity index (χ3n) is 0. The zero-order valence-electron chi connectivity index (χ0n) is 4.51. The summed E-state index contributed by atoms with van der Waals surface area (Å²) in [5.74, 6) is 0. The molecule has 2 N–H and O–H groups in total. The molecule has 0 bridgehead atoms. The Bertz CT molecular complexity index is 37.9. The minimum atomic E-state index is -3.13. The summed E-state index contributed by atoms with van der Waals surface area (Å²) in [6, 6.07) is 0. The van der Waals surface area contributed by atoms with Gasteiger partial charge < -0.3 is 11.0 Å². The monoisotopic (exact) mass is 166 g/mol. The first-order valence-corrected chi connectivity index (χ1v) is 1.95. The van der Waals surface area contributed by atoms with Gasteiger partial charge in [-0.25, -0.2) is 0 Å². The Morgan fingerprint density at radius 2 is 1.50 bits per heavy atom. The molecule has 0 amide bonds. The van der Waals surface area contributed by atoms with E-state index in [2.05, 4.69) is 0 Å². The van der Waals surface area contributed by atoms with Crippen molar-refractivity contribution in [3.05, 3.63) is 0 Å². The first kappa shape index (κ1) is 15.7. The maximum atomic E-state index is 8.74. The molecule has 0 fully saturated rings. The van der Waals surface area contributed by atoms with Crippen molar-refractivity contribution < 1.29 is 64.5 Å². The Morgan fingerprint density at radius 3 is 1.50 bits per heavy atom. The topological polar surface area (TPSA) is 57.5 Å². The van der Waals surface area contributed by atoms with E-state index in [0.717, 1.165) is 0 Å². The van der Waals surface area contributed by atoms with Gasteiger partial charge >= 0.3 is 38.7 Å². The molecule has 0 aliphatic rings. The molecule has 0 aromatic heterocycles. The molecular formula is H3NaO3SiZn. The Balaban J connectivity index is -0.0000000150. The van der Waals surface area contributed by atoms with Gasteiger partial charge in [0.2, 0.25) is 0 Å². The van der Waals surface area contributed by atoms with Crippen LogP contribution in [0.1, 0.15) is 1.43 Å². The van der Waals surface area contributed by atoms with Crippen LogP contribution >= 0.6 is 0 Å². The van der Waals surface area contributed by atoms with E-state index in [9.17, 15) is 0 Å². The molecule has 0 unspecified atom stereocenters. The Kier molecular flexibility index (Phi) is 24.9. The summed E-state index contributed by atoms with van der Waals surface area (Å²) < 4.78 is 8.74. The maximum absolute atomic E-state index is 8.74. The molecule has 0 aromatic carbocycles. The molecule has 28 valence electrons. The van der Waals surface area contributed by atoms with Crippen molar-refractivity contribution in [1.82, 2.24) is 0 Å². The smallest absolute Gasteiger partial charge is 1.00 e. The zero-order chi connectivity index (χ0) is 3.58. The van der Waals surface area contributed by atoms with E-state index in [1.165, 1.54) is 0 Å². The molecular weight excluding hydrogens is 164 g/mol. The molecule has 0 aromatic rings. The molecule has 0 saturated heterocycles. The van der Waals surface area contributed by atoms with Crippen LogP contribution in [0.15, 0.2) is 0 Å². The molecule has 6 heteroatoms. The molecule has 0 radical (unpaired) electrons. The number of hydrogen-bond acceptors (Lipinski definition) is 1. The van der Waals surface area contributed by atoms with Crippen LogP contribution in [-0.2, 0) is 23.9 Å². The molecule has 0 aliphatic heterocycles. The fourth-order valence-electron chi connectivity index (χ4n) is 0. The molecule has 0 atom stereocenters. The van der Waals surface area contributed by atoms with Crippen LogP contribution in [0.2, 0.25) is 0 Å². The third-order valence-corrected chi connectivity index (χ3v) is 0. The van der Waals surface area contributed by atoms with Crippen molar-refractivity contribution >= 4 is 9.17 Å². The van der Waals surface area contributed by atoms with Crippen LogP contribution in [0, 0.1) is 0 Å². The second-order valence-corrected chi connectivity index (χ2v) is 0.848. The van der Waals surface area contributed by atoms with E-state index in [4.69, 9.17) is 14.1 Å². The average Bonchev–Trinajstić information content (AvgIpc) is 0.811. The normalized spacial score (nSPS) is 4.00. The second-order valence-electron chi connectivity index (χ2n) is 0.283. The predicted octanol–water partition coefficient (Wildman–Crippen LogP) is -4.50. The molecule has 3 nitrogen and oxygen atoms in total. The molecule has 0 saturated carbocycles. The van der Waals surface area contributed by atoms with E-state index < -0.39 is 9.17 Å². The van der Waals surface area contributed by atoms with E-state index in [1.807, 2.05) is 0 Å².